The standard InChI is InChI=1S/C23H33N5O2/c1-4-20-19(21(5-2)30-27-20)16-26-23(24-6-3)25-15-17-10-12-18(13-11-17)28-14-8-7-9-22(28)29/h10-13H,4-9,14-16H2,1-3H3,(H2,24,25,26). The fourth-order valence-electron chi connectivity index (χ4n) is 3.68. The van der Waals surface area contributed by atoms with Crippen molar-refractivity contribution in [3.05, 3.63) is 46.8 Å². The first-order valence-corrected chi connectivity index (χ1v) is 11.0. The number of benzene rings is 1. The molecule has 0 unspecified atom stereocenters. The second-order valence-corrected chi connectivity index (χ2v) is 7.46. The van der Waals surface area contributed by atoms with Crippen LogP contribution in [-0.4, -0.2) is 30.1 Å². The molecule has 30 heavy (non-hydrogen) atoms. The molecule has 1 aliphatic heterocycles. The highest BCUT2D eigenvalue weighted by Crippen LogP contribution is 2.21. The first-order chi connectivity index (χ1) is 14.7. The molecule has 0 radical (unpaired) electrons. The zero-order valence-corrected chi connectivity index (χ0v) is 18.3. The number of aromatic nitrogens is 1. The van der Waals surface area contributed by atoms with Crippen molar-refractivity contribution in [3.63, 3.8) is 0 Å². The summed E-state index contributed by atoms with van der Waals surface area (Å²) in [4.78, 5) is 18.7. The van der Waals surface area contributed by atoms with Crippen LogP contribution in [0.4, 0.5) is 5.69 Å². The molecule has 2 N–H and O–H groups in total. The van der Waals surface area contributed by atoms with Crippen LogP contribution in [0.1, 0.15) is 62.6 Å². The van der Waals surface area contributed by atoms with Crippen LogP contribution in [0.15, 0.2) is 33.8 Å². The fraction of sp³-hybridized carbons (Fsp3) is 0.522. The van der Waals surface area contributed by atoms with Gasteiger partial charge in [0, 0.05) is 43.7 Å². The Morgan fingerprint density at radius 3 is 2.60 bits per heavy atom. The first kappa shape index (κ1) is 21.9. The van der Waals surface area contributed by atoms with E-state index in [1.807, 2.05) is 17.0 Å². The number of nitrogens with one attached hydrogen (secondary N) is 2. The first-order valence-electron chi connectivity index (χ1n) is 11.0. The number of guanidine groups is 1. The second kappa shape index (κ2) is 10.8. The van der Waals surface area contributed by atoms with Gasteiger partial charge in [0.1, 0.15) is 5.76 Å². The van der Waals surface area contributed by atoms with Gasteiger partial charge in [0.05, 0.1) is 12.2 Å². The molecule has 1 fully saturated rings. The molecule has 0 atom stereocenters. The van der Waals surface area contributed by atoms with E-state index in [0.29, 0.717) is 19.5 Å². The number of hydrogen-bond donors (Lipinski definition) is 2. The van der Waals surface area contributed by atoms with Gasteiger partial charge in [-0.05, 0) is 43.9 Å². The summed E-state index contributed by atoms with van der Waals surface area (Å²) in [5.41, 5.74) is 4.21. The molecule has 0 bridgehead atoms. The number of anilines is 1. The molecule has 1 aliphatic rings. The molecule has 2 aromatic rings. The predicted octanol–water partition coefficient (Wildman–Crippen LogP) is 3.57. The van der Waals surface area contributed by atoms with Gasteiger partial charge in [0.15, 0.2) is 5.96 Å². The SMILES string of the molecule is CCNC(=NCc1ccc(N2CCCCC2=O)cc1)NCc1c(CC)noc1CC. The average molecular weight is 412 g/mol. The number of aliphatic imine (C=N–C) groups is 1. The summed E-state index contributed by atoms with van der Waals surface area (Å²) >= 11 is 0. The van der Waals surface area contributed by atoms with E-state index >= 15 is 0 Å². The van der Waals surface area contributed by atoms with Gasteiger partial charge in [-0.1, -0.05) is 31.1 Å². The largest absolute Gasteiger partial charge is 0.361 e. The molecule has 0 saturated carbocycles. The minimum Gasteiger partial charge on any atom is -0.361 e. The number of amides is 1. The van der Waals surface area contributed by atoms with E-state index in [1.54, 1.807) is 0 Å². The maximum atomic E-state index is 12.1. The van der Waals surface area contributed by atoms with Crippen molar-refractivity contribution < 1.29 is 9.32 Å². The highest BCUT2D eigenvalue weighted by molar-refractivity contribution is 5.93. The van der Waals surface area contributed by atoms with Crippen molar-refractivity contribution in [2.75, 3.05) is 18.0 Å². The van der Waals surface area contributed by atoms with Gasteiger partial charge < -0.3 is 20.1 Å². The topological polar surface area (TPSA) is 82.8 Å². The molecular formula is C23H33N5O2. The highest BCUT2D eigenvalue weighted by Gasteiger charge is 2.19. The van der Waals surface area contributed by atoms with Gasteiger partial charge in [0.25, 0.3) is 0 Å². The lowest BCUT2D eigenvalue weighted by Gasteiger charge is -2.26. The molecule has 2 heterocycles. The van der Waals surface area contributed by atoms with Crippen molar-refractivity contribution in [3.8, 4) is 0 Å². The van der Waals surface area contributed by atoms with Crippen LogP contribution in [0.25, 0.3) is 0 Å². The van der Waals surface area contributed by atoms with Crippen molar-refractivity contribution in [2.45, 2.75) is 66.0 Å². The Hall–Kier alpha value is -2.83. The second-order valence-electron chi connectivity index (χ2n) is 7.46. The smallest absolute Gasteiger partial charge is 0.226 e. The molecule has 0 spiro atoms. The van der Waals surface area contributed by atoms with Gasteiger partial charge >= 0.3 is 0 Å². The van der Waals surface area contributed by atoms with E-state index < -0.39 is 0 Å². The lowest BCUT2D eigenvalue weighted by molar-refractivity contribution is -0.119. The summed E-state index contributed by atoms with van der Waals surface area (Å²) in [5, 5.41) is 10.9. The monoisotopic (exact) mass is 411 g/mol. The number of carbonyl (C=O) groups excluding carboxylic acids is 1. The third-order valence-electron chi connectivity index (χ3n) is 5.37. The van der Waals surface area contributed by atoms with Crippen LogP contribution in [0, 0.1) is 0 Å². The molecule has 1 aromatic heterocycles. The predicted molar refractivity (Wildman–Crippen MR) is 120 cm³/mol. The molecule has 1 aromatic carbocycles. The molecular weight excluding hydrogens is 378 g/mol. The Kier molecular flexibility index (Phi) is 7.88. The molecule has 1 amide bonds. The Morgan fingerprint density at radius 2 is 1.93 bits per heavy atom. The third-order valence-corrected chi connectivity index (χ3v) is 5.37. The minimum atomic E-state index is 0.220. The van der Waals surface area contributed by atoms with Crippen LogP contribution in [0.2, 0.25) is 0 Å². The zero-order chi connectivity index (χ0) is 21.3. The summed E-state index contributed by atoms with van der Waals surface area (Å²) in [5.74, 6) is 1.91. The number of piperidine rings is 1. The molecule has 0 aliphatic carbocycles. The summed E-state index contributed by atoms with van der Waals surface area (Å²) < 4.78 is 5.45. The summed E-state index contributed by atoms with van der Waals surface area (Å²) in [7, 11) is 0. The number of nitrogens with zero attached hydrogens (tertiary/aromatic N) is 3. The van der Waals surface area contributed by atoms with Gasteiger partial charge in [-0.3, -0.25) is 4.79 Å². The van der Waals surface area contributed by atoms with Gasteiger partial charge in [-0.2, -0.15) is 0 Å². The van der Waals surface area contributed by atoms with Crippen molar-refractivity contribution >= 4 is 17.6 Å². The zero-order valence-electron chi connectivity index (χ0n) is 18.3. The molecule has 7 heteroatoms. The van der Waals surface area contributed by atoms with E-state index in [4.69, 9.17) is 9.52 Å². The lowest BCUT2D eigenvalue weighted by atomic mass is 10.1. The van der Waals surface area contributed by atoms with Crippen molar-refractivity contribution in [1.29, 1.82) is 0 Å². The van der Waals surface area contributed by atoms with E-state index in [-0.39, 0.29) is 5.91 Å². The Balaban J connectivity index is 1.63. The van der Waals surface area contributed by atoms with Crippen LogP contribution in [0.5, 0.6) is 0 Å². The van der Waals surface area contributed by atoms with Crippen LogP contribution >= 0.6 is 0 Å². The van der Waals surface area contributed by atoms with E-state index in [0.717, 1.165) is 73.0 Å². The number of carbonyl (C=O) groups is 1. The quantitative estimate of drug-likeness (QED) is 0.513. The molecule has 3 rings (SSSR count). The summed E-state index contributed by atoms with van der Waals surface area (Å²) in [6.45, 7) is 9.01. The normalized spacial score (nSPS) is 14.8. The number of aryl methyl sites for hydroxylation is 2. The van der Waals surface area contributed by atoms with Gasteiger partial charge in [0.2, 0.25) is 5.91 Å². The number of hydrogen-bond acceptors (Lipinski definition) is 4. The van der Waals surface area contributed by atoms with Crippen molar-refractivity contribution in [1.82, 2.24) is 15.8 Å². The Morgan fingerprint density at radius 1 is 1.13 bits per heavy atom. The lowest BCUT2D eigenvalue weighted by Crippen LogP contribution is -2.37. The summed E-state index contributed by atoms with van der Waals surface area (Å²) in [6.07, 6.45) is 4.39. The fourth-order valence-corrected chi connectivity index (χ4v) is 3.68. The average Bonchev–Trinajstić information content (AvgIpc) is 3.18. The van der Waals surface area contributed by atoms with Crippen molar-refractivity contribution in [2.24, 2.45) is 4.99 Å². The van der Waals surface area contributed by atoms with Crippen LogP contribution < -0.4 is 15.5 Å². The maximum Gasteiger partial charge on any atom is 0.226 e. The summed E-state index contributed by atoms with van der Waals surface area (Å²) in [6, 6.07) is 8.14. The van der Waals surface area contributed by atoms with E-state index in [2.05, 4.69) is 48.7 Å². The van der Waals surface area contributed by atoms with Crippen LogP contribution in [-0.2, 0) is 30.7 Å². The van der Waals surface area contributed by atoms with Gasteiger partial charge in [-0.25, -0.2) is 4.99 Å². The third kappa shape index (κ3) is 5.40. The molecule has 1 saturated heterocycles. The Labute approximate surface area is 178 Å². The molecule has 162 valence electrons. The minimum absolute atomic E-state index is 0.220. The Bertz CT molecular complexity index is 835. The van der Waals surface area contributed by atoms with Crippen LogP contribution in [0.3, 0.4) is 0 Å². The highest BCUT2D eigenvalue weighted by atomic mass is 16.5. The maximum absolute atomic E-state index is 12.1. The van der Waals surface area contributed by atoms with E-state index in [1.165, 1.54) is 0 Å². The van der Waals surface area contributed by atoms with Gasteiger partial charge in [-0.15, -0.1) is 0 Å². The molecule has 7 nitrogen and oxygen atoms in total. The van der Waals surface area contributed by atoms with E-state index in [9.17, 15) is 4.79 Å². The number of rotatable bonds is 8.